The maximum atomic E-state index is 10.2. The number of hydrogen-bond donors (Lipinski definition) is 0. The van der Waals surface area contributed by atoms with Gasteiger partial charge < -0.3 is 18.9 Å². The van der Waals surface area contributed by atoms with Crippen LogP contribution < -0.4 is 26.2 Å². The van der Waals surface area contributed by atoms with E-state index in [0.29, 0.717) is 39.2 Å². The summed E-state index contributed by atoms with van der Waals surface area (Å²) < 4.78 is 176. The first-order valence-corrected chi connectivity index (χ1v) is 43.0. The highest BCUT2D eigenvalue weighted by Crippen LogP contribution is 2.57. The highest BCUT2D eigenvalue weighted by molar-refractivity contribution is 7.00. The molecule has 125 heavy (non-hydrogen) atoms. The lowest BCUT2D eigenvalue weighted by Gasteiger charge is -2.46. The van der Waals surface area contributed by atoms with Gasteiger partial charge >= 0.3 is 0 Å². The number of para-hydroxylation sites is 2. The van der Waals surface area contributed by atoms with E-state index in [-0.39, 0.29) is 49.7 Å². The third-order valence-corrected chi connectivity index (χ3v) is 25.1. The van der Waals surface area contributed by atoms with Crippen molar-refractivity contribution in [1.82, 2.24) is 24.1 Å². The molecule has 0 fully saturated rings. The normalized spacial score (nSPS) is 15.2. The second kappa shape index (κ2) is 29.7. The number of aromatic nitrogens is 5. The smallest absolute Gasteiger partial charge is 0.252 e. The van der Waals surface area contributed by atoms with Gasteiger partial charge in [-0.1, -0.05) is 355 Å². The van der Waals surface area contributed by atoms with Crippen molar-refractivity contribution in [2.24, 2.45) is 0 Å². The minimum atomic E-state index is -0.842. The molecular weight excluding hydrogens is 1510 g/mol. The fourth-order valence-corrected chi connectivity index (χ4v) is 18.2. The predicted molar refractivity (Wildman–Crippen MR) is 533 cm³/mol. The Morgan fingerprint density at radius 1 is 0.248 bits per heavy atom. The van der Waals surface area contributed by atoms with Gasteiger partial charge in [0.05, 0.1) is 58.1 Å². The summed E-state index contributed by atoms with van der Waals surface area (Å²) in [5.74, 6) is -1.26. The molecule has 0 bridgehead atoms. The molecule has 20 rings (SSSR count). The van der Waals surface area contributed by atoms with Crippen LogP contribution in [0.2, 0.25) is 0 Å². The average molecular weight is 1640 g/mol. The molecule has 614 valence electrons. The van der Waals surface area contributed by atoms with E-state index in [1.165, 1.54) is 15.7 Å². The monoisotopic (exact) mass is 1640 g/mol. The molecule has 0 radical (unpaired) electrons. The van der Waals surface area contributed by atoms with Crippen molar-refractivity contribution in [3.05, 3.63) is 361 Å². The SMILES string of the molecule is [2H]c1c([2H])c([2H])c(-c2nc(-c3cc(C(C)(C)C)cc(-c4ccccc4)c3N3c4cc(-n5c6c([2H])c([2H])c([2H])c([2H])c6c6c([2H])c([2H])c([2H])c([2H])c65)ccc4B4c5ccc(-n6c7ccc(C(C)(C)C)cc7c7cc(C(C)(C)C)ccc76)cc5N(c5c(-c6ccccc6)cc(C(C)(C)C)cc5-c5ccccc5)c5cc(-c6cc(C(C)(C)C)cc(C(C)(C)C)c6)cc3c54)nc(-c3c([2H])c([2H])c([2H])c([2H])c3[2H])n2)c([2H])c1[2H]. The molecule has 8 heteroatoms. The van der Waals surface area contributed by atoms with Gasteiger partial charge in [0.1, 0.15) is 0 Å². The Balaban J connectivity index is 1.05. The summed E-state index contributed by atoms with van der Waals surface area (Å²) in [5, 5.41) is 1.88. The Labute approximate surface area is 763 Å². The van der Waals surface area contributed by atoms with Gasteiger partial charge in [-0.15, -0.1) is 0 Å². The van der Waals surface area contributed by atoms with Crippen LogP contribution in [0.3, 0.4) is 0 Å². The van der Waals surface area contributed by atoms with Gasteiger partial charge in [0.2, 0.25) is 0 Å². The first kappa shape index (κ1) is 61.8. The summed E-state index contributed by atoms with van der Waals surface area (Å²) in [6, 6.07) is 65.4. The third kappa shape index (κ3) is 14.1. The highest BCUT2D eigenvalue weighted by Gasteiger charge is 2.47. The van der Waals surface area contributed by atoms with Crippen LogP contribution in [0.5, 0.6) is 0 Å². The van der Waals surface area contributed by atoms with Crippen LogP contribution in [-0.4, -0.2) is 30.8 Å². The van der Waals surface area contributed by atoms with Crippen molar-refractivity contribution < 1.29 is 24.7 Å². The molecule has 0 N–H and O–H groups in total. The van der Waals surface area contributed by atoms with Gasteiger partial charge in [0.25, 0.3) is 6.71 Å². The zero-order chi connectivity index (χ0) is 102. The van der Waals surface area contributed by atoms with Gasteiger partial charge in [-0.2, -0.15) is 0 Å². The molecule has 0 spiro atoms. The molecule has 2 aliphatic rings. The standard InChI is InChI=1S/C117H108BN7/c1-112(2,3)80-52-58-100-93(65-80)94-66-81(113(4,5)6)53-59-101(94)123(100)87-55-57-96-102(72-87)124(107-90(73-38-24-19-25-39-73)67-84(116(13,14)15)68-91(107)74-40-26-20-27-41-74)104-62-79(78-60-82(114(7,8)9)64-83(61-78)115(10,11)12)63-105-106(104)118(96)97-56-54-86(122-98-50-36-34-48-88(98)89-49-35-37-51-99(89)122)71-103(97)125(105)108-92(75-42-28-21-29-43-75)69-85(117(16,17)18)70-95(108)111-120-109(76-44-30-22-31-45-76)119-110(121-111)77-46-32-23-33-47-77/h19-72H,1-18H3/i22D,23D,30D,31D,32D,33D,34D,35D,36D,37D,44D,45D,46D,47D,48D,49D,50D,51D. The lowest BCUT2D eigenvalue weighted by molar-refractivity contribution is 0.569. The van der Waals surface area contributed by atoms with E-state index < -0.39 is 160 Å². The molecule has 0 saturated carbocycles. The lowest BCUT2D eigenvalue weighted by atomic mass is 9.33. The summed E-state index contributed by atoms with van der Waals surface area (Å²) in [7, 11) is 0. The quantitative estimate of drug-likeness (QED) is 0.121. The van der Waals surface area contributed by atoms with E-state index in [2.05, 4.69) is 291 Å². The summed E-state index contributed by atoms with van der Waals surface area (Å²) >= 11 is 0. The Kier molecular flexibility index (Phi) is 14.7. The number of anilines is 6. The van der Waals surface area contributed by atoms with Crippen molar-refractivity contribution in [2.75, 3.05) is 9.80 Å². The van der Waals surface area contributed by atoms with E-state index in [9.17, 15) is 21.9 Å². The molecule has 0 atom stereocenters. The maximum absolute atomic E-state index is 10.2. The predicted octanol–water partition coefficient (Wildman–Crippen LogP) is 29.6. The fourth-order valence-electron chi connectivity index (χ4n) is 18.2. The Hall–Kier alpha value is -13.4. The minimum Gasteiger partial charge on any atom is -0.310 e. The summed E-state index contributed by atoms with van der Waals surface area (Å²) in [5.41, 5.74) is 17.8. The van der Waals surface area contributed by atoms with Crippen LogP contribution in [0.1, 0.15) is 183 Å². The lowest BCUT2D eigenvalue weighted by Crippen LogP contribution is -2.61. The molecule has 3 aromatic heterocycles. The van der Waals surface area contributed by atoms with Gasteiger partial charge in [-0.05, 0) is 207 Å². The van der Waals surface area contributed by atoms with Crippen LogP contribution >= 0.6 is 0 Å². The van der Waals surface area contributed by atoms with Crippen LogP contribution in [0, 0.1) is 0 Å². The number of benzene rings is 15. The van der Waals surface area contributed by atoms with Gasteiger partial charge in [-0.3, -0.25) is 0 Å². The summed E-state index contributed by atoms with van der Waals surface area (Å²) in [4.78, 5) is 20.4. The fraction of sp³-hybridized carbons (Fsp3) is 0.205. The van der Waals surface area contributed by atoms with Crippen LogP contribution in [0.4, 0.5) is 34.1 Å². The number of rotatable bonds is 11. The number of hydrogen-bond acceptors (Lipinski definition) is 5. The van der Waals surface area contributed by atoms with E-state index in [1.54, 1.807) is 0 Å². The largest absolute Gasteiger partial charge is 0.310 e. The van der Waals surface area contributed by atoms with E-state index in [4.69, 9.17) is 17.7 Å². The van der Waals surface area contributed by atoms with Crippen molar-refractivity contribution in [1.29, 1.82) is 0 Å². The zero-order valence-corrected chi connectivity index (χ0v) is 74.0. The maximum Gasteiger partial charge on any atom is 0.252 e. The van der Waals surface area contributed by atoms with Gasteiger partial charge in [-0.25, -0.2) is 15.0 Å². The van der Waals surface area contributed by atoms with E-state index in [1.807, 2.05) is 66.7 Å². The highest BCUT2D eigenvalue weighted by atomic mass is 15.2. The van der Waals surface area contributed by atoms with E-state index in [0.717, 1.165) is 106 Å². The molecular formula is C117H108BN7. The van der Waals surface area contributed by atoms with Gasteiger partial charge in [0, 0.05) is 89.0 Å². The average Bonchev–Trinajstić information content (AvgIpc) is 1.22. The Morgan fingerprint density at radius 2 is 0.584 bits per heavy atom. The first-order valence-electron chi connectivity index (χ1n) is 52.0. The van der Waals surface area contributed by atoms with Crippen LogP contribution in [0.15, 0.2) is 327 Å². The Morgan fingerprint density at radius 3 is 0.976 bits per heavy atom. The number of fused-ring (bicyclic) bond motifs is 10. The van der Waals surface area contributed by atoms with E-state index >= 15 is 0 Å². The third-order valence-electron chi connectivity index (χ3n) is 25.1. The molecule has 5 heterocycles. The minimum absolute atomic E-state index is 0.133. The summed E-state index contributed by atoms with van der Waals surface area (Å²) in [6.45, 7) is 38.7. The second-order valence-corrected chi connectivity index (χ2v) is 39.6. The molecule has 2 aliphatic heterocycles. The molecule has 0 amide bonds. The molecule has 0 aliphatic carbocycles. The zero-order valence-electron chi connectivity index (χ0n) is 92.0. The molecule has 18 aromatic rings. The topological polar surface area (TPSA) is 55.0 Å². The van der Waals surface area contributed by atoms with Crippen molar-refractivity contribution in [3.63, 3.8) is 0 Å². The number of nitrogens with zero attached hydrogens (tertiary/aromatic N) is 7. The molecule has 15 aromatic carbocycles. The first-order chi connectivity index (χ1) is 67.2. The molecule has 0 saturated heterocycles. The van der Waals surface area contributed by atoms with Crippen LogP contribution in [0.25, 0.3) is 134 Å². The van der Waals surface area contributed by atoms with Crippen molar-refractivity contribution in [2.45, 2.75) is 157 Å². The van der Waals surface area contributed by atoms with Crippen LogP contribution in [-0.2, 0) is 32.5 Å². The van der Waals surface area contributed by atoms with Crippen molar-refractivity contribution in [3.8, 4) is 90.0 Å². The van der Waals surface area contributed by atoms with Gasteiger partial charge in [0.15, 0.2) is 17.5 Å². The van der Waals surface area contributed by atoms with Crippen molar-refractivity contribution >= 4 is 101 Å². The molecule has 0 unspecified atom stereocenters. The Bertz CT molecular complexity index is 8120. The molecule has 7 nitrogen and oxygen atoms in total. The summed E-state index contributed by atoms with van der Waals surface area (Å²) in [6.07, 6.45) is 0. The second-order valence-electron chi connectivity index (χ2n) is 39.6.